The molecule has 0 amide bonds. The summed E-state index contributed by atoms with van der Waals surface area (Å²) in [4.78, 5) is 0. The molecule has 1 unspecified atom stereocenters. The van der Waals surface area contributed by atoms with Crippen molar-refractivity contribution in [3.05, 3.63) is 47.3 Å². The SMILES string of the molecule is C=C(CC)CC(NCC)c1ccc(F)c(C(F)(F)F)c1. The molecule has 0 aliphatic rings. The van der Waals surface area contributed by atoms with Crippen molar-refractivity contribution in [2.75, 3.05) is 6.54 Å². The fourth-order valence-corrected chi connectivity index (χ4v) is 1.96. The monoisotopic (exact) mass is 289 g/mol. The van der Waals surface area contributed by atoms with Crippen LogP contribution in [0.2, 0.25) is 0 Å². The summed E-state index contributed by atoms with van der Waals surface area (Å²) < 4.78 is 51.5. The van der Waals surface area contributed by atoms with E-state index in [-0.39, 0.29) is 6.04 Å². The molecular weight excluding hydrogens is 270 g/mol. The lowest BCUT2D eigenvalue weighted by atomic mass is 9.96. The third kappa shape index (κ3) is 4.34. The number of rotatable bonds is 6. The third-order valence-electron chi connectivity index (χ3n) is 3.14. The highest BCUT2D eigenvalue weighted by atomic mass is 19.4. The van der Waals surface area contributed by atoms with Crippen LogP contribution in [0.25, 0.3) is 0 Å². The van der Waals surface area contributed by atoms with Crippen LogP contribution in [0.1, 0.15) is 43.9 Å². The maximum Gasteiger partial charge on any atom is 0.419 e. The Kier molecular flexibility index (Phi) is 5.74. The van der Waals surface area contributed by atoms with Gasteiger partial charge in [0, 0.05) is 6.04 Å². The Morgan fingerprint density at radius 2 is 1.95 bits per heavy atom. The molecule has 0 spiro atoms. The summed E-state index contributed by atoms with van der Waals surface area (Å²) in [6, 6.07) is 2.86. The second-order valence-corrected chi connectivity index (χ2v) is 4.65. The molecule has 1 rings (SSSR count). The highest BCUT2D eigenvalue weighted by molar-refractivity contribution is 5.30. The molecule has 1 aromatic carbocycles. The predicted molar refractivity (Wildman–Crippen MR) is 71.9 cm³/mol. The zero-order valence-corrected chi connectivity index (χ0v) is 11.6. The van der Waals surface area contributed by atoms with Crippen LogP contribution in [0.15, 0.2) is 30.4 Å². The molecule has 0 fully saturated rings. The van der Waals surface area contributed by atoms with Crippen LogP contribution in [0.4, 0.5) is 17.6 Å². The largest absolute Gasteiger partial charge is 0.419 e. The first-order valence-corrected chi connectivity index (χ1v) is 6.56. The highest BCUT2D eigenvalue weighted by Gasteiger charge is 2.34. The maximum absolute atomic E-state index is 13.3. The third-order valence-corrected chi connectivity index (χ3v) is 3.14. The molecule has 5 heteroatoms. The average Bonchev–Trinajstić information content (AvgIpc) is 2.37. The van der Waals surface area contributed by atoms with Crippen LogP contribution in [0.3, 0.4) is 0 Å². The summed E-state index contributed by atoms with van der Waals surface area (Å²) in [5.41, 5.74) is 0.143. The summed E-state index contributed by atoms with van der Waals surface area (Å²) in [5, 5.41) is 3.11. The summed E-state index contributed by atoms with van der Waals surface area (Å²) in [5.74, 6) is -1.24. The minimum absolute atomic E-state index is 0.283. The van der Waals surface area contributed by atoms with E-state index >= 15 is 0 Å². The van der Waals surface area contributed by atoms with Crippen LogP contribution >= 0.6 is 0 Å². The summed E-state index contributed by atoms with van der Waals surface area (Å²) in [6.45, 7) is 8.30. The van der Waals surface area contributed by atoms with Gasteiger partial charge in [-0.15, -0.1) is 0 Å². The van der Waals surface area contributed by atoms with E-state index in [1.165, 1.54) is 6.07 Å². The van der Waals surface area contributed by atoms with Gasteiger partial charge in [-0.2, -0.15) is 13.2 Å². The molecule has 112 valence electrons. The normalized spacial score (nSPS) is 13.3. The van der Waals surface area contributed by atoms with E-state index in [0.29, 0.717) is 18.5 Å². The Labute approximate surface area is 116 Å². The zero-order valence-electron chi connectivity index (χ0n) is 11.6. The first-order chi connectivity index (χ1) is 9.29. The van der Waals surface area contributed by atoms with Gasteiger partial charge in [0.1, 0.15) is 5.82 Å². The lowest BCUT2D eigenvalue weighted by Gasteiger charge is -2.20. The number of hydrogen-bond acceptors (Lipinski definition) is 1. The molecule has 1 aromatic rings. The van der Waals surface area contributed by atoms with E-state index in [0.717, 1.165) is 24.1 Å². The summed E-state index contributed by atoms with van der Waals surface area (Å²) >= 11 is 0. The Morgan fingerprint density at radius 1 is 1.30 bits per heavy atom. The van der Waals surface area contributed by atoms with E-state index in [4.69, 9.17) is 0 Å². The molecule has 0 saturated heterocycles. The molecule has 0 saturated carbocycles. The smallest absolute Gasteiger partial charge is 0.310 e. The second-order valence-electron chi connectivity index (χ2n) is 4.65. The molecule has 1 atom stereocenters. The standard InChI is InChI=1S/C15H19F4N/c1-4-10(3)8-14(20-5-2)11-6-7-13(16)12(9-11)15(17,18)19/h6-7,9,14,20H,3-5,8H2,1-2H3. The van der Waals surface area contributed by atoms with Gasteiger partial charge < -0.3 is 5.32 Å². The molecule has 0 heterocycles. The van der Waals surface area contributed by atoms with Crippen molar-refractivity contribution in [2.45, 2.75) is 38.9 Å². The van der Waals surface area contributed by atoms with Crippen molar-refractivity contribution in [3.63, 3.8) is 0 Å². The molecule has 0 aromatic heterocycles. The first kappa shape index (κ1) is 16.7. The predicted octanol–water partition coefficient (Wildman–Crippen LogP) is 4.85. The van der Waals surface area contributed by atoms with Crippen molar-refractivity contribution in [1.29, 1.82) is 0 Å². The van der Waals surface area contributed by atoms with Crippen LogP contribution in [-0.2, 0) is 6.18 Å². The fourth-order valence-electron chi connectivity index (χ4n) is 1.96. The van der Waals surface area contributed by atoms with E-state index in [9.17, 15) is 17.6 Å². The van der Waals surface area contributed by atoms with E-state index in [1.54, 1.807) is 0 Å². The first-order valence-electron chi connectivity index (χ1n) is 6.56. The van der Waals surface area contributed by atoms with E-state index in [2.05, 4.69) is 11.9 Å². The van der Waals surface area contributed by atoms with E-state index < -0.39 is 17.6 Å². The minimum atomic E-state index is -4.68. The topological polar surface area (TPSA) is 12.0 Å². The van der Waals surface area contributed by atoms with Gasteiger partial charge in [-0.3, -0.25) is 0 Å². The van der Waals surface area contributed by atoms with Gasteiger partial charge in [0.05, 0.1) is 5.56 Å². The Hall–Kier alpha value is -1.36. The second kappa shape index (κ2) is 6.88. The van der Waals surface area contributed by atoms with Gasteiger partial charge in [0.2, 0.25) is 0 Å². The lowest BCUT2D eigenvalue weighted by Crippen LogP contribution is -2.22. The number of benzene rings is 1. The van der Waals surface area contributed by atoms with Gasteiger partial charge in [-0.25, -0.2) is 4.39 Å². The molecular formula is C15H19F4N. The Morgan fingerprint density at radius 3 is 2.45 bits per heavy atom. The van der Waals surface area contributed by atoms with Crippen molar-refractivity contribution >= 4 is 0 Å². The fraction of sp³-hybridized carbons (Fsp3) is 0.467. The molecule has 1 nitrogen and oxygen atoms in total. The van der Waals surface area contributed by atoms with Crippen LogP contribution in [-0.4, -0.2) is 6.54 Å². The summed E-state index contributed by atoms with van der Waals surface area (Å²) in [6.07, 6.45) is -3.39. The molecule has 0 aliphatic carbocycles. The summed E-state index contributed by atoms with van der Waals surface area (Å²) in [7, 11) is 0. The maximum atomic E-state index is 13.3. The van der Waals surface area contributed by atoms with Crippen LogP contribution in [0, 0.1) is 5.82 Å². The quantitative estimate of drug-likeness (QED) is 0.583. The number of halogens is 4. The molecule has 0 radical (unpaired) electrons. The minimum Gasteiger partial charge on any atom is -0.310 e. The molecule has 1 N–H and O–H groups in total. The van der Waals surface area contributed by atoms with Crippen molar-refractivity contribution in [2.24, 2.45) is 0 Å². The van der Waals surface area contributed by atoms with Gasteiger partial charge >= 0.3 is 6.18 Å². The van der Waals surface area contributed by atoms with Crippen molar-refractivity contribution in [1.82, 2.24) is 5.32 Å². The van der Waals surface area contributed by atoms with Crippen LogP contribution < -0.4 is 5.32 Å². The Balaban J connectivity index is 3.11. The van der Waals surface area contributed by atoms with Crippen molar-refractivity contribution < 1.29 is 17.6 Å². The van der Waals surface area contributed by atoms with Gasteiger partial charge in [-0.1, -0.05) is 32.1 Å². The van der Waals surface area contributed by atoms with Crippen molar-refractivity contribution in [3.8, 4) is 0 Å². The Bertz CT molecular complexity index is 465. The number of alkyl halides is 3. The van der Waals surface area contributed by atoms with Crippen LogP contribution in [0.5, 0.6) is 0 Å². The van der Waals surface area contributed by atoms with E-state index in [1.807, 2.05) is 13.8 Å². The lowest BCUT2D eigenvalue weighted by molar-refractivity contribution is -0.140. The molecule has 20 heavy (non-hydrogen) atoms. The zero-order chi connectivity index (χ0) is 15.3. The van der Waals surface area contributed by atoms with Gasteiger partial charge in [-0.05, 0) is 37.1 Å². The van der Waals surface area contributed by atoms with Gasteiger partial charge in [0.25, 0.3) is 0 Å². The number of nitrogens with one attached hydrogen (secondary N) is 1. The van der Waals surface area contributed by atoms with Gasteiger partial charge in [0.15, 0.2) is 0 Å². The molecule has 0 bridgehead atoms. The average molecular weight is 289 g/mol. The molecule has 0 aliphatic heterocycles. The number of hydrogen-bond donors (Lipinski definition) is 1. The highest BCUT2D eigenvalue weighted by Crippen LogP contribution is 2.34.